The average molecular weight is 473 g/mol. The number of nitrogens with zero attached hydrogens (tertiary/aromatic N) is 2. The molecule has 1 aliphatic carbocycles. The second-order valence-corrected chi connectivity index (χ2v) is 9.80. The third kappa shape index (κ3) is 4.51. The number of amides is 2. The van der Waals surface area contributed by atoms with Crippen molar-refractivity contribution >= 4 is 38.3 Å². The number of carbonyl (C=O) groups is 2. The van der Waals surface area contributed by atoms with Gasteiger partial charge >= 0.3 is 0 Å². The first-order valence-corrected chi connectivity index (χ1v) is 12.1. The molecule has 1 saturated carbocycles. The van der Waals surface area contributed by atoms with E-state index in [2.05, 4.69) is 15.3 Å². The maximum absolute atomic E-state index is 12.7. The van der Waals surface area contributed by atoms with Gasteiger partial charge in [-0.15, -0.1) is 0 Å². The zero-order valence-electron chi connectivity index (χ0n) is 17.9. The van der Waals surface area contributed by atoms with E-state index in [1.54, 1.807) is 36.7 Å². The molecule has 0 bridgehead atoms. The van der Waals surface area contributed by atoms with Gasteiger partial charge in [0.15, 0.2) is 0 Å². The number of benzene rings is 2. The lowest BCUT2D eigenvalue weighted by Crippen LogP contribution is -2.30. The molecule has 0 spiro atoms. The standard InChI is InChI=1S/C25H20N4O4S/c30-24(29-34(32,33)21-2-1-10-26-15-21)17-5-3-16(4-6-17)22-13-23(22)25(31)28-20-8-7-19-14-27-11-9-18(19)12-20/h1-12,14-15,22-23H,13H2,(H,28,31)(H,29,30)/t22-,23+/m0/s1. The van der Waals surface area contributed by atoms with Crippen LogP contribution in [0, 0.1) is 5.92 Å². The lowest BCUT2D eigenvalue weighted by atomic mass is 10.1. The zero-order chi connectivity index (χ0) is 23.7. The summed E-state index contributed by atoms with van der Waals surface area (Å²) in [6.07, 6.45) is 6.82. The lowest BCUT2D eigenvalue weighted by Gasteiger charge is -2.08. The smallest absolute Gasteiger partial charge is 0.265 e. The van der Waals surface area contributed by atoms with E-state index >= 15 is 0 Å². The average Bonchev–Trinajstić information content (AvgIpc) is 3.66. The highest BCUT2D eigenvalue weighted by atomic mass is 32.2. The zero-order valence-corrected chi connectivity index (χ0v) is 18.7. The van der Waals surface area contributed by atoms with Crippen molar-refractivity contribution < 1.29 is 18.0 Å². The van der Waals surface area contributed by atoms with Crippen molar-refractivity contribution in [2.24, 2.45) is 5.92 Å². The van der Waals surface area contributed by atoms with Gasteiger partial charge in [-0.05, 0) is 65.8 Å². The van der Waals surface area contributed by atoms with E-state index in [0.717, 1.165) is 22.0 Å². The molecule has 4 aromatic rings. The van der Waals surface area contributed by atoms with Gasteiger partial charge in [-0.1, -0.05) is 18.2 Å². The molecule has 8 nitrogen and oxygen atoms in total. The molecule has 170 valence electrons. The molecule has 2 heterocycles. The van der Waals surface area contributed by atoms with Crippen LogP contribution in [-0.2, 0) is 14.8 Å². The summed E-state index contributed by atoms with van der Waals surface area (Å²) in [5.41, 5.74) is 1.87. The van der Waals surface area contributed by atoms with Crippen LogP contribution in [-0.4, -0.2) is 30.2 Å². The van der Waals surface area contributed by atoms with Crippen LogP contribution in [0.15, 0.2) is 90.3 Å². The molecule has 34 heavy (non-hydrogen) atoms. The summed E-state index contributed by atoms with van der Waals surface area (Å²) in [6, 6.07) is 17.1. The van der Waals surface area contributed by atoms with Crippen LogP contribution in [0.5, 0.6) is 0 Å². The summed E-state index contributed by atoms with van der Waals surface area (Å²) in [5, 5.41) is 4.97. The van der Waals surface area contributed by atoms with E-state index in [0.29, 0.717) is 6.42 Å². The van der Waals surface area contributed by atoms with Gasteiger partial charge in [-0.3, -0.25) is 19.6 Å². The van der Waals surface area contributed by atoms with Crippen molar-refractivity contribution in [3.63, 3.8) is 0 Å². The largest absolute Gasteiger partial charge is 0.326 e. The molecule has 0 saturated heterocycles. The van der Waals surface area contributed by atoms with Gasteiger partial charge in [0.2, 0.25) is 5.91 Å². The molecule has 0 aliphatic heterocycles. The van der Waals surface area contributed by atoms with E-state index in [4.69, 9.17) is 0 Å². The molecule has 0 radical (unpaired) electrons. The van der Waals surface area contributed by atoms with Crippen LogP contribution < -0.4 is 10.0 Å². The number of pyridine rings is 2. The number of carbonyl (C=O) groups excluding carboxylic acids is 2. The third-order valence-electron chi connectivity index (χ3n) is 5.81. The topological polar surface area (TPSA) is 118 Å². The van der Waals surface area contributed by atoms with Crippen LogP contribution in [0.25, 0.3) is 10.8 Å². The fourth-order valence-corrected chi connectivity index (χ4v) is 4.81. The number of aromatic nitrogens is 2. The quantitative estimate of drug-likeness (QED) is 0.444. The minimum absolute atomic E-state index is 0.0530. The van der Waals surface area contributed by atoms with E-state index in [-0.39, 0.29) is 28.2 Å². The molecule has 0 unspecified atom stereocenters. The summed E-state index contributed by atoms with van der Waals surface area (Å²) in [4.78, 5) is 32.9. The van der Waals surface area contributed by atoms with Gasteiger partial charge in [-0.25, -0.2) is 13.1 Å². The van der Waals surface area contributed by atoms with E-state index in [9.17, 15) is 18.0 Å². The Morgan fingerprint density at radius 2 is 1.68 bits per heavy atom. The van der Waals surface area contributed by atoms with Gasteiger partial charge in [0.1, 0.15) is 4.90 Å². The van der Waals surface area contributed by atoms with Crippen LogP contribution in [0.1, 0.15) is 28.3 Å². The fraction of sp³-hybridized carbons (Fsp3) is 0.120. The maximum atomic E-state index is 12.7. The Kier molecular flexibility index (Phi) is 5.54. The summed E-state index contributed by atoms with van der Waals surface area (Å²) < 4.78 is 26.7. The fourth-order valence-electron chi connectivity index (χ4n) is 3.88. The first-order chi connectivity index (χ1) is 16.4. The van der Waals surface area contributed by atoms with Gasteiger partial charge in [-0.2, -0.15) is 0 Å². The van der Waals surface area contributed by atoms with Crippen molar-refractivity contribution in [3.8, 4) is 0 Å². The summed E-state index contributed by atoms with van der Waals surface area (Å²) in [6.45, 7) is 0. The molecule has 5 rings (SSSR count). The van der Waals surface area contributed by atoms with Crippen molar-refractivity contribution in [1.29, 1.82) is 0 Å². The minimum atomic E-state index is -4.00. The summed E-state index contributed by atoms with van der Waals surface area (Å²) in [7, 11) is -4.00. The molecule has 2 aromatic heterocycles. The molecule has 2 N–H and O–H groups in total. The number of hydrogen-bond acceptors (Lipinski definition) is 6. The van der Waals surface area contributed by atoms with Crippen molar-refractivity contribution in [3.05, 3.63) is 96.6 Å². The number of sulfonamides is 1. The Bertz CT molecular complexity index is 1490. The Morgan fingerprint density at radius 1 is 0.882 bits per heavy atom. The Labute approximate surface area is 196 Å². The highest BCUT2D eigenvalue weighted by molar-refractivity contribution is 7.90. The molecule has 2 aromatic carbocycles. The molecular weight excluding hydrogens is 452 g/mol. The molecule has 1 fully saturated rings. The second kappa shape index (κ2) is 8.68. The number of fused-ring (bicyclic) bond motifs is 1. The maximum Gasteiger partial charge on any atom is 0.265 e. The normalized spacial score (nSPS) is 17.2. The number of hydrogen-bond donors (Lipinski definition) is 2. The molecule has 9 heteroatoms. The Morgan fingerprint density at radius 3 is 2.44 bits per heavy atom. The summed E-state index contributed by atoms with van der Waals surface area (Å²) >= 11 is 0. The molecule has 2 atom stereocenters. The van der Waals surface area contributed by atoms with Crippen molar-refractivity contribution in [2.45, 2.75) is 17.2 Å². The Hall–Kier alpha value is -4.11. The molecule has 2 amide bonds. The predicted molar refractivity (Wildman–Crippen MR) is 127 cm³/mol. The predicted octanol–water partition coefficient (Wildman–Crippen LogP) is 3.49. The second-order valence-electron chi connectivity index (χ2n) is 8.12. The number of rotatable bonds is 6. The van der Waals surface area contributed by atoms with E-state index in [1.807, 2.05) is 29.0 Å². The number of anilines is 1. The highest BCUT2D eigenvalue weighted by Gasteiger charge is 2.44. The van der Waals surface area contributed by atoms with Crippen LogP contribution in [0.2, 0.25) is 0 Å². The Balaban J connectivity index is 1.21. The van der Waals surface area contributed by atoms with E-state index < -0.39 is 15.9 Å². The third-order valence-corrected chi connectivity index (χ3v) is 7.12. The minimum Gasteiger partial charge on any atom is -0.326 e. The SMILES string of the molecule is O=C(NS(=O)(=O)c1cccnc1)c1ccc([C@@H]2C[C@H]2C(=O)Nc2ccc3cnccc3c2)cc1. The van der Waals surface area contributed by atoms with Crippen LogP contribution >= 0.6 is 0 Å². The van der Waals surface area contributed by atoms with Crippen LogP contribution in [0.3, 0.4) is 0 Å². The highest BCUT2D eigenvalue weighted by Crippen LogP contribution is 2.48. The first-order valence-electron chi connectivity index (χ1n) is 10.6. The molecular formula is C25H20N4O4S. The van der Waals surface area contributed by atoms with Gasteiger partial charge in [0.05, 0.1) is 0 Å². The lowest BCUT2D eigenvalue weighted by molar-refractivity contribution is -0.117. The van der Waals surface area contributed by atoms with Crippen molar-refractivity contribution in [2.75, 3.05) is 5.32 Å². The number of nitrogens with one attached hydrogen (secondary N) is 2. The monoisotopic (exact) mass is 472 g/mol. The van der Waals surface area contributed by atoms with E-state index in [1.165, 1.54) is 24.5 Å². The van der Waals surface area contributed by atoms with Crippen LogP contribution in [0.4, 0.5) is 5.69 Å². The van der Waals surface area contributed by atoms with Gasteiger partial charge in [0.25, 0.3) is 15.9 Å². The van der Waals surface area contributed by atoms with Crippen molar-refractivity contribution in [1.82, 2.24) is 14.7 Å². The summed E-state index contributed by atoms with van der Waals surface area (Å²) in [5.74, 6) is -0.880. The van der Waals surface area contributed by atoms with Gasteiger partial charge in [0, 0.05) is 47.3 Å². The van der Waals surface area contributed by atoms with Gasteiger partial charge < -0.3 is 5.32 Å². The first kappa shape index (κ1) is 21.7. The molecule has 1 aliphatic rings.